The number of esters is 1. The second-order valence-corrected chi connectivity index (χ2v) is 8.51. The molecule has 2 aromatic carbocycles. The van der Waals surface area contributed by atoms with Crippen LogP contribution in [0.3, 0.4) is 0 Å². The molecule has 33 heavy (non-hydrogen) atoms. The lowest BCUT2D eigenvalue weighted by atomic mass is 9.74. The number of hydrogen-bond donors (Lipinski definition) is 0. The quantitative estimate of drug-likeness (QED) is 0.360. The molecule has 1 fully saturated rings. The Kier molecular flexibility index (Phi) is 4.64. The number of imidazole rings is 1. The summed E-state index contributed by atoms with van der Waals surface area (Å²) in [6.07, 6.45) is 7.08. The highest BCUT2D eigenvalue weighted by Crippen LogP contribution is 2.43. The summed E-state index contributed by atoms with van der Waals surface area (Å²) in [4.78, 5) is 26.1. The number of nitrogens with zero attached hydrogens (tertiary/aromatic N) is 4. The Morgan fingerprint density at radius 3 is 2.64 bits per heavy atom. The van der Waals surface area contributed by atoms with E-state index in [0.29, 0.717) is 0 Å². The largest absolute Gasteiger partial charge is 0.469 e. The summed E-state index contributed by atoms with van der Waals surface area (Å²) in [6, 6.07) is 20.6. The van der Waals surface area contributed by atoms with Gasteiger partial charge in [0.1, 0.15) is 5.82 Å². The number of methoxy groups -OCH3 is 1. The lowest BCUT2D eigenvalue weighted by Crippen LogP contribution is -2.31. The summed E-state index contributed by atoms with van der Waals surface area (Å²) in [6.45, 7) is 0. The number of pyridine rings is 1. The predicted octanol–water partition coefficient (Wildman–Crippen LogP) is 5.28. The van der Waals surface area contributed by atoms with E-state index in [1.165, 1.54) is 7.11 Å². The number of rotatable bonds is 4. The molecule has 162 valence electrons. The molecule has 1 saturated carbocycles. The Bertz CT molecular complexity index is 1490. The average Bonchev–Trinajstić information content (AvgIpc) is 3.22. The molecular weight excluding hydrogens is 412 g/mol. The molecule has 0 unspecified atom stereocenters. The summed E-state index contributed by atoms with van der Waals surface area (Å²) in [5.41, 5.74) is 5.80. The molecule has 3 aromatic heterocycles. The minimum atomic E-state index is -0.135. The van der Waals surface area contributed by atoms with Gasteiger partial charge >= 0.3 is 5.97 Å². The van der Waals surface area contributed by atoms with E-state index < -0.39 is 0 Å². The molecule has 3 heterocycles. The van der Waals surface area contributed by atoms with Crippen molar-refractivity contribution in [2.45, 2.75) is 18.8 Å². The van der Waals surface area contributed by atoms with E-state index in [-0.39, 0.29) is 17.8 Å². The van der Waals surface area contributed by atoms with Gasteiger partial charge in [-0.25, -0.2) is 9.97 Å². The van der Waals surface area contributed by atoms with Gasteiger partial charge in [0, 0.05) is 34.8 Å². The zero-order chi connectivity index (χ0) is 22.4. The smallest absolute Gasteiger partial charge is 0.308 e. The fraction of sp³-hybridized carbons (Fsp3) is 0.185. The summed E-state index contributed by atoms with van der Waals surface area (Å²) < 4.78 is 7.00. The van der Waals surface area contributed by atoms with Crippen molar-refractivity contribution in [2.75, 3.05) is 7.11 Å². The summed E-state index contributed by atoms with van der Waals surface area (Å²) >= 11 is 0. The molecule has 6 rings (SSSR count). The molecule has 0 aliphatic heterocycles. The van der Waals surface area contributed by atoms with Gasteiger partial charge in [-0.3, -0.25) is 14.2 Å². The van der Waals surface area contributed by atoms with Crippen molar-refractivity contribution in [1.82, 2.24) is 19.4 Å². The maximum atomic E-state index is 11.8. The van der Waals surface area contributed by atoms with Crippen molar-refractivity contribution >= 4 is 22.4 Å². The third-order valence-electron chi connectivity index (χ3n) is 6.55. The van der Waals surface area contributed by atoms with Crippen LogP contribution < -0.4 is 0 Å². The number of ether oxygens (including phenoxy) is 1. The Hall–Kier alpha value is -4.06. The van der Waals surface area contributed by atoms with Gasteiger partial charge < -0.3 is 4.74 Å². The van der Waals surface area contributed by atoms with Crippen LogP contribution in [0.5, 0.6) is 0 Å². The van der Waals surface area contributed by atoms with Crippen LogP contribution in [-0.2, 0) is 9.53 Å². The number of aromatic nitrogens is 4. The van der Waals surface area contributed by atoms with Gasteiger partial charge in [-0.2, -0.15) is 0 Å². The highest BCUT2D eigenvalue weighted by Gasteiger charge is 2.38. The molecule has 6 nitrogen and oxygen atoms in total. The first-order valence-corrected chi connectivity index (χ1v) is 11.1. The minimum Gasteiger partial charge on any atom is -0.469 e. The SMILES string of the molecule is COC(=O)C1CC(c2nc(-c3ccc4ccc(-c5ccccc5)nc4c3)c3cnccn23)C1. The van der Waals surface area contributed by atoms with E-state index in [0.717, 1.165) is 57.6 Å². The van der Waals surface area contributed by atoms with E-state index in [9.17, 15) is 4.79 Å². The van der Waals surface area contributed by atoms with Crippen LogP contribution in [0, 0.1) is 5.92 Å². The average molecular weight is 434 g/mol. The second-order valence-electron chi connectivity index (χ2n) is 8.51. The van der Waals surface area contributed by atoms with Gasteiger partial charge in [0.15, 0.2) is 0 Å². The van der Waals surface area contributed by atoms with Crippen molar-refractivity contribution in [3.63, 3.8) is 0 Å². The summed E-state index contributed by atoms with van der Waals surface area (Å²) in [5.74, 6) is 1.01. The third-order valence-corrected chi connectivity index (χ3v) is 6.55. The molecule has 1 aliphatic rings. The highest BCUT2D eigenvalue weighted by molar-refractivity contribution is 5.88. The van der Waals surface area contributed by atoms with Gasteiger partial charge in [0.05, 0.1) is 41.6 Å². The van der Waals surface area contributed by atoms with Crippen molar-refractivity contribution < 1.29 is 9.53 Å². The fourth-order valence-electron chi connectivity index (χ4n) is 4.68. The number of hydrogen-bond acceptors (Lipinski definition) is 5. The van der Waals surface area contributed by atoms with Crippen molar-refractivity contribution in [2.24, 2.45) is 5.92 Å². The maximum absolute atomic E-state index is 11.8. The normalized spacial score (nSPS) is 17.7. The lowest BCUT2D eigenvalue weighted by molar-refractivity contribution is -0.149. The topological polar surface area (TPSA) is 69.4 Å². The standard InChI is InChI=1S/C27H22N4O2/c1-33-27(32)21-13-20(14-21)26-30-25(24-16-28-11-12-31(24)26)19-8-7-18-9-10-22(29-23(18)15-19)17-5-3-2-4-6-17/h2-12,15-16,20-21H,13-14H2,1H3. The van der Waals surface area contributed by atoms with E-state index in [4.69, 9.17) is 14.7 Å². The van der Waals surface area contributed by atoms with Gasteiger partial charge in [-0.05, 0) is 25.0 Å². The first-order chi connectivity index (χ1) is 16.2. The molecule has 0 atom stereocenters. The summed E-state index contributed by atoms with van der Waals surface area (Å²) in [5, 5.41) is 1.08. The molecular formula is C27H22N4O2. The van der Waals surface area contributed by atoms with Crippen LogP contribution in [0.2, 0.25) is 0 Å². The Morgan fingerprint density at radius 2 is 1.82 bits per heavy atom. The molecule has 0 bridgehead atoms. The maximum Gasteiger partial charge on any atom is 0.308 e. The molecule has 6 heteroatoms. The monoisotopic (exact) mass is 434 g/mol. The Balaban J connectivity index is 1.41. The predicted molar refractivity (Wildman–Crippen MR) is 127 cm³/mol. The molecule has 0 spiro atoms. The zero-order valence-corrected chi connectivity index (χ0v) is 18.2. The van der Waals surface area contributed by atoms with Crippen LogP contribution in [0.4, 0.5) is 0 Å². The molecule has 1 aliphatic carbocycles. The Labute approximate surface area is 190 Å². The van der Waals surface area contributed by atoms with Crippen molar-refractivity contribution in [3.05, 3.63) is 85.1 Å². The van der Waals surface area contributed by atoms with E-state index in [1.54, 1.807) is 6.20 Å². The van der Waals surface area contributed by atoms with E-state index in [2.05, 4.69) is 51.8 Å². The van der Waals surface area contributed by atoms with Crippen LogP contribution in [0.25, 0.3) is 38.9 Å². The van der Waals surface area contributed by atoms with Crippen LogP contribution in [-0.4, -0.2) is 32.4 Å². The summed E-state index contributed by atoms with van der Waals surface area (Å²) in [7, 11) is 1.45. The lowest BCUT2D eigenvalue weighted by Gasteiger charge is -2.32. The third kappa shape index (κ3) is 3.35. The number of carbonyl (C=O) groups is 1. The van der Waals surface area contributed by atoms with E-state index in [1.807, 2.05) is 30.6 Å². The Morgan fingerprint density at radius 1 is 1.00 bits per heavy atom. The number of carbonyl (C=O) groups excluding carboxylic acids is 1. The van der Waals surface area contributed by atoms with Crippen LogP contribution in [0.1, 0.15) is 24.6 Å². The molecule has 5 aromatic rings. The van der Waals surface area contributed by atoms with Gasteiger partial charge in [-0.15, -0.1) is 0 Å². The van der Waals surface area contributed by atoms with Crippen LogP contribution in [0.15, 0.2) is 79.3 Å². The van der Waals surface area contributed by atoms with Gasteiger partial charge in [0.25, 0.3) is 0 Å². The second kappa shape index (κ2) is 7.81. The first-order valence-electron chi connectivity index (χ1n) is 11.1. The zero-order valence-electron chi connectivity index (χ0n) is 18.2. The molecule has 0 amide bonds. The van der Waals surface area contributed by atoms with Crippen molar-refractivity contribution in [1.29, 1.82) is 0 Å². The first kappa shape index (κ1) is 19.6. The van der Waals surface area contributed by atoms with Crippen molar-refractivity contribution in [3.8, 4) is 22.5 Å². The highest BCUT2D eigenvalue weighted by atomic mass is 16.5. The number of benzene rings is 2. The molecule has 0 radical (unpaired) electrons. The molecule has 0 N–H and O–H groups in total. The van der Waals surface area contributed by atoms with Crippen LogP contribution >= 0.6 is 0 Å². The van der Waals surface area contributed by atoms with Gasteiger partial charge in [0.2, 0.25) is 0 Å². The van der Waals surface area contributed by atoms with Gasteiger partial charge in [-0.1, -0.05) is 48.5 Å². The minimum absolute atomic E-state index is 0.0427. The molecule has 0 saturated heterocycles. The van der Waals surface area contributed by atoms with E-state index >= 15 is 0 Å². The number of fused-ring (bicyclic) bond motifs is 2. The fourth-order valence-corrected chi connectivity index (χ4v) is 4.68.